The number of benzene rings is 1. The van der Waals surface area contributed by atoms with Gasteiger partial charge in [0, 0.05) is 12.6 Å². The van der Waals surface area contributed by atoms with E-state index in [4.69, 9.17) is 0 Å². The van der Waals surface area contributed by atoms with E-state index in [1.807, 2.05) is 11.6 Å². The van der Waals surface area contributed by atoms with E-state index in [0.717, 1.165) is 5.56 Å². The summed E-state index contributed by atoms with van der Waals surface area (Å²) in [5, 5.41) is 3.00. The van der Waals surface area contributed by atoms with Crippen molar-refractivity contribution in [2.75, 3.05) is 13.6 Å². The molecule has 8 heteroatoms. The Morgan fingerprint density at radius 2 is 1.75 bits per heavy atom. The van der Waals surface area contributed by atoms with Gasteiger partial charge in [0.2, 0.25) is 10.0 Å². The van der Waals surface area contributed by atoms with E-state index in [0.29, 0.717) is 0 Å². The van der Waals surface area contributed by atoms with Crippen molar-refractivity contribution in [2.45, 2.75) is 30.5 Å². The summed E-state index contributed by atoms with van der Waals surface area (Å²) in [7, 11) is -2.13. The summed E-state index contributed by atoms with van der Waals surface area (Å²) in [4.78, 5) is -0.0493. The predicted octanol–water partition coefficient (Wildman–Crippen LogP) is 2.20. The molecule has 1 rings (SSSR count). The van der Waals surface area contributed by atoms with Crippen LogP contribution in [0, 0.1) is 0 Å². The number of alkyl halides is 3. The summed E-state index contributed by atoms with van der Waals surface area (Å²) >= 11 is 0. The van der Waals surface area contributed by atoms with Crippen molar-refractivity contribution < 1.29 is 21.6 Å². The maximum absolute atomic E-state index is 12.0. The third kappa shape index (κ3) is 5.10. The molecule has 0 aliphatic rings. The van der Waals surface area contributed by atoms with Crippen LogP contribution in [0.25, 0.3) is 0 Å². The summed E-state index contributed by atoms with van der Waals surface area (Å²) in [6.45, 7) is 1.24. The molecule has 0 heterocycles. The molecular formula is C12H17F3N2O2S. The van der Waals surface area contributed by atoms with Crippen LogP contribution in [-0.2, 0) is 10.0 Å². The number of hydrogen-bond donors (Lipinski definition) is 2. The average Bonchev–Trinajstić information content (AvgIpc) is 2.36. The zero-order valence-corrected chi connectivity index (χ0v) is 12.0. The third-order valence-electron chi connectivity index (χ3n) is 2.82. The second-order valence-electron chi connectivity index (χ2n) is 4.34. The van der Waals surface area contributed by atoms with Gasteiger partial charge in [-0.25, -0.2) is 13.1 Å². The lowest BCUT2D eigenvalue weighted by Crippen LogP contribution is -2.28. The van der Waals surface area contributed by atoms with Crippen LogP contribution < -0.4 is 10.0 Å². The van der Waals surface area contributed by atoms with Gasteiger partial charge >= 0.3 is 6.18 Å². The van der Waals surface area contributed by atoms with E-state index in [9.17, 15) is 21.6 Å². The Kier molecular flexibility index (Phi) is 5.55. The second kappa shape index (κ2) is 6.55. The lowest BCUT2D eigenvalue weighted by Gasteiger charge is -2.12. The van der Waals surface area contributed by atoms with Gasteiger partial charge in [-0.15, -0.1) is 0 Å². The van der Waals surface area contributed by atoms with Gasteiger partial charge in [-0.1, -0.05) is 12.1 Å². The maximum Gasteiger partial charge on any atom is 0.390 e. The van der Waals surface area contributed by atoms with Crippen molar-refractivity contribution in [3.8, 4) is 0 Å². The van der Waals surface area contributed by atoms with Gasteiger partial charge in [0.25, 0.3) is 0 Å². The summed E-state index contributed by atoms with van der Waals surface area (Å²) in [6.07, 6.45) is -5.57. The van der Waals surface area contributed by atoms with Gasteiger partial charge in [-0.3, -0.25) is 0 Å². The van der Waals surface area contributed by atoms with Gasteiger partial charge < -0.3 is 5.32 Å². The van der Waals surface area contributed by atoms with Crippen molar-refractivity contribution in [3.63, 3.8) is 0 Å². The monoisotopic (exact) mass is 310 g/mol. The fourth-order valence-electron chi connectivity index (χ4n) is 1.51. The molecule has 0 spiro atoms. The molecule has 0 saturated carbocycles. The van der Waals surface area contributed by atoms with Crippen molar-refractivity contribution >= 4 is 10.0 Å². The minimum absolute atomic E-state index is 0.0493. The van der Waals surface area contributed by atoms with E-state index in [1.165, 1.54) is 12.1 Å². The van der Waals surface area contributed by atoms with Crippen LogP contribution in [0.5, 0.6) is 0 Å². The van der Waals surface area contributed by atoms with Crippen LogP contribution in [0.4, 0.5) is 13.2 Å². The molecule has 0 aliphatic carbocycles. The Bertz CT molecular complexity index is 527. The highest BCUT2D eigenvalue weighted by Gasteiger charge is 2.27. The second-order valence-corrected chi connectivity index (χ2v) is 6.11. The Morgan fingerprint density at radius 3 is 2.20 bits per heavy atom. The van der Waals surface area contributed by atoms with Gasteiger partial charge in [-0.05, 0) is 31.7 Å². The lowest BCUT2D eigenvalue weighted by atomic mass is 10.1. The van der Waals surface area contributed by atoms with E-state index in [-0.39, 0.29) is 10.9 Å². The first-order valence-electron chi connectivity index (χ1n) is 5.99. The fraction of sp³-hybridized carbons (Fsp3) is 0.500. The highest BCUT2D eigenvalue weighted by atomic mass is 32.2. The highest BCUT2D eigenvalue weighted by molar-refractivity contribution is 7.89. The van der Waals surface area contributed by atoms with Crippen LogP contribution in [0.1, 0.15) is 24.9 Å². The molecule has 1 aromatic carbocycles. The topological polar surface area (TPSA) is 58.2 Å². The molecule has 0 bridgehead atoms. The van der Waals surface area contributed by atoms with Crippen molar-refractivity contribution in [3.05, 3.63) is 29.8 Å². The van der Waals surface area contributed by atoms with E-state index in [1.54, 1.807) is 19.2 Å². The summed E-state index contributed by atoms with van der Waals surface area (Å²) < 4.78 is 61.4. The van der Waals surface area contributed by atoms with Crippen LogP contribution in [0.2, 0.25) is 0 Å². The van der Waals surface area contributed by atoms with Gasteiger partial charge in [0.1, 0.15) is 0 Å². The van der Waals surface area contributed by atoms with Crippen LogP contribution in [0.3, 0.4) is 0 Å². The molecule has 0 aliphatic heterocycles. The molecule has 0 radical (unpaired) electrons. The predicted molar refractivity (Wildman–Crippen MR) is 69.8 cm³/mol. The molecule has 0 fully saturated rings. The number of sulfonamides is 1. The zero-order chi connectivity index (χ0) is 15.4. The smallest absolute Gasteiger partial charge is 0.313 e. The Morgan fingerprint density at radius 1 is 1.20 bits per heavy atom. The molecule has 114 valence electrons. The minimum Gasteiger partial charge on any atom is -0.313 e. The first-order valence-corrected chi connectivity index (χ1v) is 7.47. The average molecular weight is 310 g/mol. The highest BCUT2D eigenvalue weighted by Crippen LogP contribution is 2.19. The molecule has 0 aromatic heterocycles. The van der Waals surface area contributed by atoms with Crippen molar-refractivity contribution in [2.24, 2.45) is 0 Å². The Hall–Kier alpha value is -1.12. The van der Waals surface area contributed by atoms with Crippen LogP contribution in [0.15, 0.2) is 29.2 Å². The SMILES string of the molecule is CNC(C)c1ccc(S(=O)(=O)NCCC(F)(F)F)cc1. The molecule has 4 nitrogen and oxygen atoms in total. The maximum atomic E-state index is 12.0. The van der Waals surface area contributed by atoms with E-state index in [2.05, 4.69) is 5.32 Å². The Labute approximate surface area is 116 Å². The largest absolute Gasteiger partial charge is 0.390 e. The summed E-state index contributed by atoms with van der Waals surface area (Å²) in [6, 6.07) is 6.06. The van der Waals surface area contributed by atoms with Crippen molar-refractivity contribution in [1.29, 1.82) is 0 Å². The van der Waals surface area contributed by atoms with E-state index >= 15 is 0 Å². The number of rotatable bonds is 6. The van der Waals surface area contributed by atoms with Crippen LogP contribution in [-0.4, -0.2) is 28.2 Å². The lowest BCUT2D eigenvalue weighted by molar-refractivity contribution is -0.132. The first-order chi connectivity index (χ1) is 9.15. The fourth-order valence-corrected chi connectivity index (χ4v) is 2.54. The molecular weight excluding hydrogens is 293 g/mol. The van der Waals surface area contributed by atoms with Crippen LogP contribution >= 0.6 is 0 Å². The third-order valence-corrected chi connectivity index (χ3v) is 4.30. The van der Waals surface area contributed by atoms with E-state index < -0.39 is 29.2 Å². The number of hydrogen-bond acceptors (Lipinski definition) is 3. The van der Waals surface area contributed by atoms with Gasteiger partial charge in [0.15, 0.2) is 0 Å². The van der Waals surface area contributed by atoms with Gasteiger partial charge in [-0.2, -0.15) is 13.2 Å². The normalized spacial score (nSPS) is 14.2. The van der Waals surface area contributed by atoms with Crippen molar-refractivity contribution in [1.82, 2.24) is 10.0 Å². The minimum atomic E-state index is -4.38. The number of halogens is 3. The molecule has 1 unspecified atom stereocenters. The summed E-state index contributed by atoms with van der Waals surface area (Å²) in [5.74, 6) is 0. The number of nitrogens with one attached hydrogen (secondary N) is 2. The molecule has 0 amide bonds. The standard InChI is InChI=1S/C12H17F3N2O2S/c1-9(16-2)10-3-5-11(6-4-10)20(18,19)17-8-7-12(13,14)15/h3-6,9,16-17H,7-8H2,1-2H3. The summed E-state index contributed by atoms with van der Waals surface area (Å²) in [5.41, 5.74) is 0.891. The molecule has 0 saturated heterocycles. The Balaban J connectivity index is 2.73. The zero-order valence-electron chi connectivity index (χ0n) is 11.2. The van der Waals surface area contributed by atoms with Gasteiger partial charge in [0.05, 0.1) is 11.3 Å². The molecule has 1 atom stereocenters. The molecule has 2 N–H and O–H groups in total. The molecule has 20 heavy (non-hydrogen) atoms. The molecule has 1 aromatic rings. The first kappa shape index (κ1) is 16.9. The quantitative estimate of drug-likeness (QED) is 0.847.